The van der Waals surface area contributed by atoms with Gasteiger partial charge >= 0.3 is 0 Å². The highest BCUT2D eigenvalue weighted by Crippen LogP contribution is 2.15. The summed E-state index contributed by atoms with van der Waals surface area (Å²) in [5, 5.41) is 15.2. The second-order valence-electron chi connectivity index (χ2n) is 13.2. The van der Waals surface area contributed by atoms with E-state index in [2.05, 4.69) is 24.1 Å². The number of nitrogens with one attached hydrogen (secondary N) is 1. The molecule has 1 heterocycles. The van der Waals surface area contributed by atoms with Gasteiger partial charge in [-0.05, 0) is 37.1 Å². The SMILES string of the molecule is CCCCCCCCCCCCN(C=O)CCCCCCCCCCCC.NC(=O)c1ccc(OCCNCC(O)COc2nccs2)cc1. The molecule has 286 valence electrons. The molecule has 2 amide bonds. The topological polar surface area (TPSA) is 127 Å². The predicted molar refractivity (Wildman–Crippen MR) is 208 cm³/mol. The molecule has 0 aliphatic rings. The first-order chi connectivity index (χ1) is 24.5. The van der Waals surface area contributed by atoms with Gasteiger partial charge in [0.25, 0.3) is 5.19 Å². The van der Waals surface area contributed by atoms with E-state index in [-0.39, 0.29) is 6.61 Å². The van der Waals surface area contributed by atoms with Gasteiger partial charge in [-0.3, -0.25) is 9.59 Å². The van der Waals surface area contributed by atoms with Gasteiger partial charge in [-0.25, -0.2) is 4.98 Å². The number of aromatic nitrogens is 1. The number of carbonyl (C=O) groups is 2. The van der Waals surface area contributed by atoms with Crippen LogP contribution in [0.4, 0.5) is 0 Å². The number of ether oxygens (including phenoxy) is 2. The highest BCUT2D eigenvalue weighted by atomic mass is 32.1. The molecule has 0 saturated carbocycles. The van der Waals surface area contributed by atoms with Crippen LogP contribution in [0.15, 0.2) is 35.8 Å². The largest absolute Gasteiger partial charge is 0.492 e. The van der Waals surface area contributed by atoms with E-state index in [1.54, 1.807) is 30.5 Å². The summed E-state index contributed by atoms with van der Waals surface area (Å²) in [5.41, 5.74) is 5.60. The smallest absolute Gasteiger partial charge is 0.273 e. The minimum Gasteiger partial charge on any atom is -0.492 e. The van der Waals surface area contributed by atoms with Gasteiger partial charge in [0.2, 0.25) is 12.3 Å². The van der Waals surface area contributed by atoms with Crippen molar-refractivity contribution in [2.75, 3.05) is 39.4 Å². The molecule has 0 saturated heterocycles. The number of hydrogen-bond donors (Lipinski definition) is 3. The summed E-state index contributed by atoms with van der Waals surface area (Å²) in [6.07, 6.45) is 29.3. The summed E-state index contributed by atoms with van der Waals surface area (Å²) in [4.78, 5) is 28.1. The maximum Gasteiger partial charge on any atom is 0.273 e. The van der Waals surface area contributed by atoms with Crippen molar-refractivity contribution in [1.82, 2.24) is 15.2 Å². The zero-order chi connectivity index (χ0) is 36.3. The Labute approximate surface area is 308 Å². The van der Waals surface area contributed by atoms with Crippen molar-refractivity contribution in [3.63, 3.8) is 0 Å². The van der Waals surface area contributed by atoms with Crippen LogP contribution in [0.1, 0.15) is 153 Å². The molecule has 50 heavy (non-hydrogen) atoms. The third-order valence-electron chi connectivity index (χ3n) is 8.62. The quantitative estimate of drug-likeness (QED) is 0.0497. The summed E-state index contributed by atoms with van der Waals surface area (Å²) in [6.45, 7) is 8.10. The number of aliphatic hydroxyl groups is 1. The molecule has 1 unspecified atom stereocenters. The fourth-order valence-corrected chi connectivity index (χ4v) is 6.05. The fourth-order valence-electron chi connectivity index (χ4n) is 5.56. The van der Waals surface area contributed by atoms with Crippen molar-refractivity contribution >= 4 is 23.7 Å². The number of thiazole rings is 1. The minimum absolute atomic E-state index is 0.190. The van der Waals surface area contributed by atoms with Crippen LogP contribution in [0, 0.1) is 0 Å². The van der Waals surface area contributed by atoms with E-state index in [0.717, 1.165) is 19.5 Å². The molecular formula is C40H70N4O5S. The normalized spacial score (nSPS) is 11.4. The Bertz CT molecular complexity index is 1000. The number of amides is 2. The Morgan fingerprint density at radius 1 is 0.820 bits per heavy atom. The number of primary amides is 1. The fraction of sp³-hybridized carbons (Fsp3) is 0.725. The number of carbonyl (C=O) groups excluding carboxylic acids is 2. The number of nitrogens with two attached hydrogens (primary N) is 1. The van der Waals surface area contributed by atoms with Gasteiger partial charge in [-0.1, -0.05) is 141 Å². The second kappa shape index (κ2) is 33.5. The van der Waals surface area contributed by atoms with Crippen molar-refractivity contribution in [2.24, 2.45) is 5.73 Å². The summed E-state index contributed by atoms with van der Waals surface area (Å²) >= 11 is 1.38. The Morgan fingerprint density at radius 3 is 1.76 bits per heavy atom. The lowest BCUT2D eigenvalue weighted by Gasteiger charge is -2.17. The van der Waals surface area contributed by atoms with Crippen LogP contribution in [-0.2, 0) is 4.79 Å². The molecule has 1 aromatic heterocycles. The molecule has 0 aliphatic heterocycles. The Kier molecular flexibility index (Phi) is 30.3. The van der Waals surface area contributed by atoms with Crippen LogP contribution in [0.2, 0.25) is 0 Å². The Balaban J connectivity index is 0.000000505. The molecule has 1 atom stereocenters. The molecular weight excluding hydrogens is 649 g/mol. The standard InChI is InChI=1S/C25H51NO.C15H19N3O4S/c1-3-5-7-9-11-13-15-17-19-21-23-26(25-27)24-22-20-18-16-14-12-10-8-6-4-2;16-14(20)11-1-3-13(4-2-11)21-7-5-17-9-12(19)10-22-15-18-6-8-23-15/h25H,3-24H2,1-2H3;1-4,6,8,12,17,19H,5,7,9-10H2,(H2,16,20). The van der Waals surface area contributed by atoms with E-state index in [1.807, 2.05) is 10.3 Å². The number of unbranched alkanes of at least 4 members (excludes halogenated alkanes) is 18. The number of hydrogen-bond acceptors (Lipinski definition) is 8. The van der Waals surface area contributed by atoms with Crippen LogP contribution in [0.5, 0.6) is 10.9 Å². The van der Waals surface area contributed by atoms with Gasteiger partial charge in [0.1, 0.15) is 25.1 Å². The van der Waals surface area contributed by atoms with Gasteiger partial charge in [0.15, 0.2) is 0 Å². The molecule has 0 bridgehead atoms. The van der Waals surface area contributed by atoms with Crippen molar-refractivity contribution < 1.29 is 24.2 Å². The van der Waals surface area contributed by atoms with E-state index in [1.165, 1.54) is 140 Å². The van der Waals surface area contributed by atoms with Crippen molar-refractivity contribution in [3.8, 4) is 10.9 Å². The molecule has 0 spiro atoms. The second-order valence-corrected chi connectivity index (χ2v) is 14.1. The van der Waals surface area contributed by atoms with Crippen LogP contribution >= 0.6 is 11.3 Å². The van der Waals surface area contributed by atoms with Gasteiger partial charge in [-0.2, -0.15) is 0 Å². The van der Waals surface area contributed by atoms with Gasteiger partial charge in [-0.15, -0.1) is 0 Å². The third-order valence-corrected chi connectivity index (χ3v) is 9.30. The first-order valence-corrected chi connectivity index (χ1v) is 20.5. The number of rotatable bonds is 33. The molecule has 0 fully saturated rings. The van der Waals surface area contributed by atoms with E-state index in [0.29, 0.717) is 36.2 Å². The molecule has 10 heteroatoms. The highest BCUT2D eigenvalue weighted by Gasteiger charge is 2.06. The lowest BCUT2D eigenvalue weighted by atomic mass is 10.1. The zero-order valence-corrected chi connectivity index (χ0v) is 32.3. The summed E-state index contributed by atoms with van der Waals surface area (Å²) in [7, 11) is 0. The molecule has 4 N–H and O–H groups in total. The van der Waals surface area contributed by atoms with E-state index in [9.17, 15) is 14.7 Å². The van der Waals surface area contributed by atoms with Crippen LogP contribution in [0.25, 0.3) is 0 Å². The first kappa shape index (κ1) is 45.3. The summed E-state index contributed by atoms with van der Waals surface area (Å²) in [5.74, 6) is 0.191. The zero-order valence-electron chi connectivity index (χ0n) is 31.5. The number of nitrogens with zero attached hydrogens (tertiary/aromatic N) is 2. The molecule has 1 aromatic carbocycles. The maximum absolute atomic E-state index is 11.2. The van der Waals surface area contributed by atoms with Gasteiger partial charge in [0.05, 0.1) is 0 Å². The molecule has 0 radical (unpaired) electrons. The molecule has 9 nitrogen and oxygen atoms in total. The average molecular weight is 719 g/mol. The lowest BCUT2D eigenvalue weighted by Crippen LogP contribution is -2.33. The Hall–Kier alpha value is -2.69. The predicted octanol–water partition coefficient (Wildman–Crippen LogP) is 8.94. The van der Waals surface area contributed by atoms with E-state index < -0.39 is 12.0 Å². The Morgan fingerprint density at radius 2 is 1.32 bits per heavy atom. The van der Waals surface area contributed by atoms with Gasteiger partial charge < -0.3 is 30.5 Å². The first-order valence-electron chi connectivity index (χ1n) is 19.6. The van der Waals surface area contributed by atoms with Crippen molar-refractivity contribution in [3.05, 3.63) is 41.4 Å². The number of benzene rings is 1. The van der Waals surface area contributed by atoms with Crippen molar-refractivity contribution in [2.45, 2.75) is 148 Å². The number of aliphatic hydroxyl groups excluding tert-OH is 1. The minimum atomic E-state index is -0.617. The summed E-state index contributed by atoms with van der Waals surface area (Å²) in [6, 6.07) is 6.61. The monoisotopic (exact) mass is 719 g/mol. The molecule has 2 aromatic rings. The maximum atomic E-state index is 11.2. The van der Waals surface area contributed by atoms with Crippen LogP contribution < -0.4 is 20.5 Å². The van der Waals surface area contributed by atoms with Crippen molar-refractivity contribution in [1.29, 1.82) is 0 Å². The molecule has 0 aliphatic carbocycles. The molecule has 2 rings (SSSR count). The third kappa shape index (κ3) is 27.1. The lowest BCUT2D eigenvalue weighted by molar-refractivity contribution is -0.118. The van der Waals surface area contributed by atoms with E-state index >= 15 is 0 Å². The van der Waals surface area contributed by atoms with E-state index in [4.69, 9.17) is 15.2 Å². The highest BCUT2D eigenvalue weighted by molar-refractivity contribution is 7.11. The van der Waals surface area contributed by atoms with Crippen LogP contribution in [-0.4, -0.2) is 72.8 Å². The van der Waals surface area contributed by atoms with Gasteiger partial charge in [0, 0.05) is 43.3 Å². The van der Waals surface area contributed by atoms with Crippen LogP contribution in [0.3, 0.4) is 0 Å². The summed E-state index contributed by atoms with van der Waals surface area (Å²) < 4.78 is 10.8. The average Bonchev–Trinajstić information content (AvgIpc) is 3.66.